The molecule has 0 fully saturated rings. The molecule has 1 atom stereocenters. The van der Waals surface area contributed by atoms with Crippen molar-refractivity contribution in [2.75, 3.05) is 24.5 Å². The minimum atomic E-state index is 0.382. The Kier molecular flexibility index (Phi) is 8.35. The van der Waals surface area contributed by atoms with Gasteiger partial charge in [-0.1, -0.05) is 55.6 Å². The summed E-state index contributed by atoms with van der Waals surface area (Å²) in [4.78, 5) is 2.49. The molecule has 1 aromatic rings. The molecule has 0 saturated heterocycles. The van der Waals surface area contributed by atoms with Gasteiger partial charge in [-0.2, -0.15) is 0 Å². The second-order valence-corrected chi connectivity index (χ2v) is 6.56. The normalized spacial score (nSPS) is 12.7. The Morgan fingerprint density at radius 3 is 2.29 bits per heavy atom. The quantitative estimate of drug-likeness (QED) is 0.640. The number of benzene rings is 1. The molecule has 0 radical (unpaired) electrons. The van der Waals surface area contributed by atoms with Gasteiger partial charge in [0.1, 0.15) is 0 Å². The number of hydrogen-bond donors (Lipinski definition) is 1. The predicted octanol–water partition coefficient (Wildman–Crippen LogP) is 5.38. The molecule has 0 amide bonds. The van der Waals surface area contributed by atoms with E-state index < -0.39 is 0 Å². The van der Waals surface area contributed by atoms with E-state index in [0.717, 1.165) is 25.6 Å². The molecule has 1 aromatic carbocycles. The zero-order valence-electron chi connectivity index (χ0n) is 14.2. The Morgan fingerprint density at radius 2 is 1.81 bits per heavy atom. The van der Waals surface area contributed by atoms with Crippen LogP contribution in [0.2, 0.25) is 0 Å². The summed E-state index contributed by atoms with van der Waals surface area (Å²) in [6, 6.07) is 7.17. The first-order valence-electron chi connectivity index (χ1n) is 8.34. The summed E-state index contributed by atoms with van der Waals surface area (Å²) in [5.41, 5.74) is 2.66. The molecule has 2 nitrogen and oxygen atoms in total. The number of nitrogens with one attached hydrogen (secondary N) is 1. The third-order valence-corrected chi connectivity index (χ3v) is 5.03. The number of nitrogens with zero attached hydrogens (tertiary/aromatic N) is 1. The van der Waals surface area contributed by atoms with Crippen LogP contribution < -0.4 is 10.2 Å². The van der Waals surface area contributed by atoms with Gasteiger partial charge in [0.05, 0.1) is 0 Å². The van der Waals surface area contributed by atoms with Crippen molar-refractivity contribution in [3.63, 3.8) is 0 Å². The Labute approximate surface area is 139 Å². The smallest absolute Gasteiger partial charge is 0.0377 e. The highest BCUT2D eigenvalue weighted by Crippen LogP contribution is 2.29. The second-order valence-electron chi connectivity index (χ2n) is 5.71. The van der Waals surface area contributed by atoms with Crippen LogP contribution in [0.1, 0.15) is 59.1 Å². The molecule has 0 aromatic heterocycles. The number of rotatable bonds is 9. The van der Waals surface area contributed by atoms with E-state index in [-0.39, 0.29) is 0 Å². The van der Waals surface area contributed by atoms with Crippen LogP contribution in [0.3, 0.4) is 0 Å². The monoisotopic (exact) mass is 354 g/mol. The molecule has 1 N–H and O–H groups in total. The molecule has 0 heterocycles. The van der Waals surface area contributed by atoms with Crippen LogP contribution in [0.4, 0.5) is 5.69 Å². The molecule has 0 spiro atoms. The molecule has 120 valence electrons. The lowest BCUT2D eigenvalue weighted by molar-refractivity contribution is 0.486. The molecule has 0 aliphatic carbocycles. The van der Waals surface area contributed by atoms with Crippen LogP contribution in [0.15, 0.2) is 22.7 Å². The van der Waals surface area contributed by atoms with Crippen molar-refractivity contribution in [2.45, 2.75) is 53.5 Å². The highest BCUT2D eigenvalue weighted by Gasteiger charge is 2.14. The van der Waals surface area contributed by atoms with Crippen molar-refractivity contribution in [1.29, 1.82) is 0 Å². The van der Waals surface area contributed by atoms with Crippen LogP contribution >= 0.6 is 15.9 Å². The predicted molar refractivity (Wildman–Crippen MR) is 98.2 cm³/mol. The topological polar surface area (TPSA) is 15.3 Å². The zero-order valence-corrected chi connectivity index (χ0v) is 15.8. The van der Waals surface area contributed by atoms with Gasteiger partial charge in [-0.25, -0.2) is 0 Å². The number of hydrogen-bond acceptors (Lipinski definition) is 2. The van der Waals surface area contributed by atoms with E-state index in [0.29, 0.717) is 6.04 Å². The lowest BCUT2D eigenvalue weighted by atomic mass is 10.0. The summed E-state index contributed by atoms with van der Waals surface area (Å²) in [5, 5.41) is 3.47. The first-order chi connectivity index (χ1) is 10.1. The molecule has 1 rings (SSSR count). The maximum absolute atomic E-state index is 3.75. The molecular weight excluding hydrogens is 324 g/mol. The lowest BCUT2D eigenvalue weighted by Crippen LogP contribution is -2.29. The van der Waals surface area contributed by atoms with Crippen molar-refractivity contribution in [3.8, 4) is 0 Å². The van der Waals surface area contributed by atoms with E-state index in [9.17, 15) is 0 Å². The summed E-state index contributed by atoms with van der Waals surface area (Å²) in [6.45, 7) is 14.4. The first kappa shape index (κ1) is 18.5. The van der Waals surface area contributed by atoms with E-state index in [1.807, 2.05) is 0 Å². The van der Waals surface area contributed by atoms with Crippen molar-refractivity contribution >= 4 is 21.6 Å². The summed E-state index contributed by atoms with van der Waals surface area (Å²) < 4.78 is 1.21. The molecule has 21 heavy (non-hydrogen) atoms. The lowest BCUT2D eigenvalue weighted by Gasteiger charge is -2.28. The summed E-state index contributed by atoms with van der Waals surface area (Å²) in [5.74, 6) is 0.782. The van der Waals surface area contributed by atoms with E-state index in [4.69, 9.17) is 0 Å². The Morgan fingerprint density at radius 1 is 1.14 bits per heavy atom. The van der Waals surface area contributed by atoms with Gasteiger partial charge < -0.3 is 10.2 Å². The van der Waals surface area contributed by atoms with Gasteiger partial charge in [-0.05, 0) is 44.0 Å². The average Bonchev–Trinajstić information content (AvgIpc) is 2.48. The Balaban J connectivity index is 2.89. The standard InChI is InChI=1S/C18H31BrN2/c1-6-15(7-2)13-21(9-4)16-10-11-17(18(19)12-16)14(5)20-8-3/h10-12,14-15,20H,6-9,13H2,1-5H3. The van der Waals surface area contributed by atoms with Crippen LogP contribution in [0.5, 0.6) is 0 Å². The minimum Gasteiger partial charge on any atom is -0.372 e. The first-order valence-corrected chi connectivity index (χ1v) is 9.14. The van der Waals surface area contributed by atoms with E-state index >= 15 is 0 Å². The molecular formula is C18H31BrN2. The van der Waals surface area contributed by atoms with E-state index in [1.54, 1.807) is 0 Å². The number of halogens is 1. The fourth-order valence-electron chi connectivity index (χ4n) is 2.76. The SMILES string of the molecule is CCNC(C)c1ccc(N(CC)CC(CC)CC)cc1Br. The fraction of sp³-hybridized carbons (Fsp3) is 0.667. The summed E-state index contributed by atoms with van der Waals surface area (Å²) in [7, 11) is 0. The third kappa shape index (κ3) is 5.30. The molecule has 0 aliphatic heterocycles. The summed E-state index contributed by atoms with van der Waals surface area (Å²) in [6.07, 6.45) is 2.51. The molecule has 3 heteroatoms. The van der Waals surface area contributed by atoms with Crippen LogP contribution in [-0.2, 0) is 0 Å². The van der Waals surface area contributed by atoms with Crippen molar-refractivity contribution in [1.82, 2.24) is 5.32 Å². The van der Waals surface area contributed by atoms with Gasteiger partial charge in [0.2, 0.25) is 0 Å². The van der Waals surface area contributed by atoms with Crippen molar-refractivity contribution in [2.24, 2.45) is 5.92 Å². The van der Waals surface area contributed by atoms with Gasteiger partial charge in [0.15, 0.2) is 0 Å². The Hall–Kier alpha value is -0.540. The highest BCUT2D eigenvalue weighted by molar-refractivity contribution is 9.10. The van der Waals surface area contributed by atoms with Crippen LogP contribution in [0.25, 0.3) is 0 Å². The van der Waals surface area contributed by atoms with Crippen molar-refractivity contribution in [3.05, 3.63) is 28.2 Å². The molecule has 1 unspecified atom stereocenters. The van der Waals surface area contributed by atoms with Gasteiger partial charge in [-0.3, -0.25) is 0 Å². The number of anilines is 1. The minimum absolute atomic E-state index is 0.382. The zero-order chi connectivity index (χ0) is 15.8. The highest BCUT2D eigenvalue weighted by atomic mass is 79.9. The molecule has 0 saturated carbocycles. The van der Waals surface area contributed by atoms with Crippen molar-refractivity contribution < 1.29 is 0 Å². The molecule has 0 bridgehead atoms. The fourth-order valence-corrected chi connectivity index (χ4v) is 3.47. The molecule has 0 aliphatic rings. The van der Waals surface area contributed by atoms with Crippen LogP contribution in [0, 0.1) is 5.92 Å². The van der Waals surface area contributed by atoms with Gasteiger partial charge >= 0.3 is 0 Å². The maximum atomic E-state index is 3.75. The van der Waals surface area contributed by atoms with Gasteiger partial charge in [-0.15, -0.1) is 0 Å². The maximum Gasteiger partial charge on any atom is 0.0377 e. The Bertz CT molecular complexity index is 416. The average molecular weight is 355 g/mol. The van der Waals surface area contributed by atoms with E-state index in [1.165, 1.54) is 28.6 Å². The van der Waals surface area contributed by atoms with Gasteiger partial charge in [0, 0.05) is 29.3 Å². The van der Waals surface area contributed by atoms with E-state index in [2.05, 4.69) is 79.0 Å². The van der Waals surface area contributed by atoms with Gasteiger partial charge in [0.25, 0.3) is 0 Å². The van der Waals surface area contributed by atoms with Crippen LogP contribution in [-0.4, -0.2) is 19.6 Å². The summed E-state index contributed by atoms with van der Waals surface area (Å²) >= 11 is 3.75. The third-order valence-electron chi connectivity index (χ3n) is 4.34. The largest absolute Gasteiger partial charge is 0.372 e. The second kappa shape index (κ2) is 9.47.